The minimum atomic E-state index is -0.263. The van der Waals surface area contributed by atoms with Crippen molar-refractivity contribution >= 4 is 28.6 Å². The van der Waals surface area contributed by atoms with Crippen molar-refractivity contribution in [3.63, 3.8) is 0 Å². The highest BCUT2D eigenvalue weighted by Crippen LogP contribution is 2.32. The summed E-state index contributed by atoms with van der Waals surface area (Å²) in [6.45, 7) is 4.12. The molecule has 0 saturated carbocycles. The minimum absolute atomic E-state index is 0.0846. The molecule has 2 aromatic carbocycles. The summed E-state index contributed by atoms with van der Waals surface area (Å²) >= 11 is 0. The van der Waals surface area contributed by atoms with E-state index in [2.05, 4.69) is 10.3 Å². The molecule has 6 nitrogen and oxygen atoms in total. The molecule has 2 heterocycles. The Morgan fingerprint density at radius 1 is 1.18 bits per heavy atom. The Labute approximate surface area is 161 Å². The van der Waals surface area contributed by atoms with Crippen molar-refractivity contribution in [2.24, 2.45) is 0 Å². The fourth-order valence-corrected chi connectivity index (χ4v) is 3.38. The quantitative estimate of drug-likeness (QED) is 0.679. The Kier molecular flexibility index (Phi) is 4.61. The lowest BCUT2D eigenvalue weighted by atomic mass is 10.0. The number of carbonyl (C=O) groups excluding carboxylic acids is 1. The van der Waals surface area contributed by atoms with Crippen molar-refractivity contribution in [1.82, 2.24) is 4.98 Å². The maximum atomic E-state index is 12.3. The molecule has 0 aliphatic carbocycles. The maximum absolute atomic E-state index is 12.3. The third kappa shape index (κ3) is 3.36. The first-order valence-corrected chi connectivity index (χ1v) is 9.09. The van der Waals surface area contributed by atoms with E-state index in [-0.39, 0.29) is 18.3 Å². The van der Waals surface area contributed by atoms with Gasteiger partial charge in [0.2, 0.25) is 12.7 Å². The average Bonchev–Trinajstić information content (AvgIpc) is 3.14. The standard InChI is InChI=1S/C22H20N2O4/c1-3-16-13(2)17-7-6-15(11-18(17)24-22(16)26)23-21(25)9-5-14-4-8-19-20(10-14)28-12-27-19/h4-11H,3,12H2,1-2H3,(H,23,25)(H,24,26)/b9-5-. The monoisotopic (exact) mass is 376 g/mol. The molecule has 28 heavy (non-hydrogen) atoms. The summed E-state index contributed by atoms with van der Waals surface area (Å²) in [6.07, 6.45) is 3.84. The predicted molar refractivity (Wildman–Crippen MR) is 109 cm³/mol. The zero-order chi connectivity index (χ0) is 19.7. The Morgan fingerprint density at radius 2 is 2.00 bits per heavy atom. The number of hydrogen-bond acceptors (Lipinski definition) is 4. The molecule has 0 bridgehead atoms. The van der Waals surface area contributed by atoms with Gasteiger partial charge in [0, 0.05) is 22.7 Å². The molecule has 6 heteroatoms. The zero-order valence-corrected chi connectivity index (χ0v) is 15.7. The molecule has 1 aromatic heterocycles. The Balaban J connectivity index is 1.53. The van der Waals surface area contributed by atoms with E-state index in [0.29, 0.717) is 29.1 Å². The second kappa shape index (κ2) is 7.23. The molecule has 0 unspecified atom stereocenters. The highest BCUT2D eigenvalue weighted by Gasteiger charge is 2.12. The van der Waals surface area contributed by atoms with Gasteiger partial charge in [-0.1, -0.05) is 19.1 Å². The number of aromatic amines is 1. The summed E-state index contributed by atoms with van der Waals surface area (Å²) in [7, 11) is 0. The summed E-state index contributed by atoms with van der Waals surface area (Å²) in [5, 5.41) is 3.80. The third-order valence-electron chi connectivity index (χ3n) is 4.84. The van der Waals surface area contributed by atoms with Crippen molar-refractivity contribution in [2.45, 2.75) is 20.3 Å². The normalized spacial score (nSPS) is 12.6. The van der Waals surface area contributed by atoms with Crippen LogP contribution < -0.4 is 20.3 Å². The predicted octanol–water partition coefficient (Wildman–Crippen LogP) is 3.78. The topological polar surface area (TPSA) is 80.4 Å². The van der Waals surface area contributed by atoms with Gasteiger partial charge in [0.25, 0.3) is 5.56 Å². The van der Waals surface area contributed by atoms with Gasteiger partial charge < -0.3 is 19.8 Å². The highest BCUT2D eigenvalue weighted by molar-refractivity contribution is 6.03. The lowest BCUT2D eigenvalue weighted by molar-refractivity contribution is -0.111. The molecule has 0 radical (unpaired) electrons. The van der Waals surface area contributed by atoms with Crippen LogP contribution in [0.3, 0.4) is 0 Å². The summed E-state index contributed by atoms with van der Waals surface area (Å²) in [6, 6.07) is 11.0. The van der Waals surface area contributed by atoms with Gasteiger partial charge in [-0.05, 0) is 54.8 Å². The van der Waals surface area contributed by atoms with Crippen molar-refractivity contribution in [2.75, 3.05) is 12.1 Å². The Bertz CT molecular complexity index is 1160. The van der Waals surface area contributed by atoms with Crippen molar-refractivity contribution in [3.8, 4) is 11.5 Å². The van der Waals surface area contributed by atoms with E-state index in [1.807, 2.05) is 44.2 Å². The second-order valence-electron chi connectivity index (χ2n) is 6.61. The molecule has 0 saturated heterocycles. The number of benzene rings is 2. The number of ether oxygens (including phenoxy) is 2. The molecule has 1 amide bonds. The number of carbonyl (C=O) groups is 1. The van der Waals surface area contributed by atoms with Crippen LogP contribution in [0.1, 0.15) is 23.6 Å². The van der Waals surface area contributed by atoms with Crippen molar-refractivity contribution < 1.29 is 14.3 Å². The number of pyridine rings is 1. The van der Waals surface area contributed by atoms with Gasteiger partial charge >= 0.3 is 0 Å². The fourth-order valence-electron chi connectivity index (χ4n) is 3.38. The Morgan fingerprint density at radius 3 is 2.82 bits per heavy atom. The van der Waals surface area contributed by atoms with Gasteiger partial charge in [0.05, 0.1) is 5.52 Å². The first-order valence-electron chi connectivity index (χ1n) is 9.09. The van der Waals surface area contributed by atoms with Crippen LogP contribution >= 0.6 is 0 Å². The first kappa shape index (κ1) is 17.9. The maximum Gasteiger partial charge on any atom is 0.251 e. The van der Waals surface area contributed by atoms with Gasteiger partial charge in [-0.2, -0.15) is 0 Å². The van der Waals surface area contributed by atoms with E-state index in [4.69, 9.17) is 9.47 Å². The van der Waals surface area contributed by atoms with E-state index in [1.54, 1.807) is 12.1 Å². The lowest BCUT2D eigenvalue weighted by Gasteiger charge is -2.09. The van der Waals surface area contributed by atoms with Crippen LogP contribution in [-0.4, -0.2) is 17.7 Å². The van der Waals surface area contributed by atoms with Crippen LogP contribution in [0.2, 0.25) is 0 Å². The highest BCUT2D eigenvalue weighted by atomic mass is 16.7. The molecular weight excluding hydrogens is 356 g/mol. The summed E-state index contributed by atoms with van der Waals surface area (Å²) < 4.78 is 10.6. The molecule has 3 aromatic rings. The van der Waals surface area contributed by atoms with E-state index in [1.165, 1.54) is 6.08 Å². The smallest absolute Gasteiger partial charge is 0.251 e. The van der Waals surface area contributed by atoms with Gasteiger partial charge in [-0.15, -0.1) is 0 Å². The lowest BCUT2D eigenvalue weighted by Crippen LogP contribution is -2.14. The molecule has 2 N–H and O–H groups in total. The summed E-state index contributed by atoms with van der Waals surface area (Å²) in [5.74, 6) is 1.11. The molecule has 142 valence electrons. The van der Waals surface area contributed by atoms with E-state index in [9.17, 15) is 9.59 Å². The SMILES string of the molecule is CCc1c(C)c2ccc(NC(=O)/C=C\c3ccc4c(c3)OCO4)cc2[nH]c1=O. The number of rotatable bonds is 4. The Hall–Kier alpha value is -3.54. The third-order valence-corrected chi connectivity index (χ3v) is 4.84. The molecule has 1 aliphatic rings. The molecule has 0 atom stereocenters. The van der Waals surface area contributed by atoms with Crippen LogP contribution in [0, 0.1) is 6.92 Å². The van der Waals surface area contributed by atoms with Gasteiger partial charge in [-0.25, -0.2) is 0 Å². The molecule has 1 aliphatic heterocycles. The van der Waals surface area contributed by atoms with Gasteiger partial charge in [-0.3, -0.25) is 9.59 Å². The van der Waals surface area contributed by atoms with E-state index < -0.39 is 0 Å². The first-order chi connectivity index (χ1) is 13.5. The minimum Gasteiger partial charge on any atom is -0.454 e. The zero-order valence-electron chi connectivity index (χ0n) is 15.7. The number of amides is 1. The number of H-pyrrole nitrogens is 1. The molecule has 0 spiro atoms. The number of fused-ring (bicyclic) bond motifs is 2. The average molecular weight is 376 g/mol. The van der Waals surface area contributed by atoms with Crippen LogP contribution in [-0.2, 0) is 11.2 Å². The molecular formula is C22H20N2O4. The number of aromatic nitrogens is 1. The molecule has 0 fully saturated rings. The largest absolute Gasteiger partial charge is 0.454 e. The van der Waals surface area contributed by atoms with Gasteiger partial charge in [0.1, 0.15) is 0 Å². The summed E-state index contributed by atoms with van der Waals surface area (Å²) in [4.78, 5) is 27.3. The van der Waals surface area contributed by atoms with Crippen LogP contribution in [0.4, 0.5) is 5.69 Å². The number of nitrogens with one attached hydrogen (secondary N) is 2. The van der Waals surface area contributed by atoms with E-state index in [0.717, 1.165) is 22.1 Å². The van der Waals surface area contributed by atoms with Gasteiger partial charge in [0.15, 0.2) is 11.5 Å². The van der Waals surface area contributed by atoms with Crippen LogP contribution in [0.25, 0.3) is 17.0 Å². The number of hydrogen-bond donors (Lipinski definition) is 2. The van der Waals surface area contributed by atoms with E-state index >= 15 is 0 Å². The summed E-state index contributed by atoms with van der Waals surface area (Å²) in [5.41, 5.74) is 3.84. The second-order valence-corrected chi connectivity index (χ2v) is 6.61. The van der Waals surface area contributed by atoms with Crippen molar-refractivity contribution in [1.29, 1.82) is 0 Å². The van der Waals surface area contributed by atoms with Crippen molar-refractivity contribution in [3.05, 3.63) is 69.5 Å². The van der Waals surface area contributed by atoms with Crippen LogP contribution in [0.15, 0.2) is 47.3 Å². The van der Waals surface area contributed by atoms with Crippen LogP contribution in [0.5, 0.6) is 11.5 Å². The number of aryl methyl sites for hydroxylation is 1. The fraction of sp³-hybridized carbons (Fsp3) is 0.182. The number of anilines is 1. The molecule has 4 rings (SSSR count).